The molecule has 0 radical (unpaired) electrons. The van der Waals surface area contributed by atoms with Gasteiger partial charge in [0.1, 0.15) is 12.3 Å². The van der Waals surface area contributed by atoms with Crippen molar-refractivity contribution in [2.45, 2.75) is 25.9 Å². The normalized spacial score (nSPS) is 21.6. The van der Waals surface area contributed by atoms with Crippen LogP contribution in [0.15, 0.2) is 45.6 Å². The van der Waals surface area contributed by atoms with E-state index in [1.807, 2.05) is 12.2 Å². The number of carbonyl (C=O) groups is 3. The van der Waals surface area contributed by atoms with Crippen LogP contribution in [0.2, 0.25) is 0 Å². The van der Waals surface area contributed by atoms with Gasteiger partial charge in [-0.15, -0.1) is 0 Å². The van der Waals surface area contributed by atoms with Gasteiger partial charge < -0.3 is 13.7 Å². The van der Waals surface area contributed by atoms with Crippen LogP contribution in [0.3, 0.4) is 0 Å². The number of allylic oxidation sites excluding steroid dienone is 2. The molecule has 1 aliphatic carbocycles. The molecule has 1 aliphatic heterocycles. The van der Waals surface area contributed by atoms with Crippen LogP contribution in [0, 0.1) is 11.8 Å². The molecule has 0 saturated carbocycles. The Bertz CT molecular complexity index is 856. The van der Waals surface area contributed by atoms with Crippen molar-refractivity contribution in [3.63, 3.8) is 0 Å². The van der Waals surface area contributed by atoms with Crippen LogP contribution < -0.4 is 0 Å². The maximum atomic E-state index is 12.3. The average molecular weight is 370 g/mol. The first-order valence-electron chi connectivity index (χ1n) is 8.79. The lowest BCUT2D eigenvalue weighted by atomic mass is 9.85. The standard InChI is InChI=1S/C19H18N2O6/c22-17(26-11-12-10-16(27-20-12)15-6-3-9-25-15)7-8-21-18(23)13-4-1-2-5-14(13)19(21)24/h1-3,6,9-10,13-14H,4-5,7-8,11H2/t13-,14-/m1/s1. The lowest BCUT2D eigenvalue weighted by Gasteiger charge is -2.14. The molecule has 4 rings (SSSR count). The third-order valence-corrected chi connectivity index (χ3v) is 4.84. The number of imide groups is 1. The first-order valence-corrected chi connectivity index (χ1v) is 8.79. The Morgan fingerprint density at radius 3 is 2.59 bits per heavy atom. The molecule has 1 fully saturated rings. The van der Waals surface area contributed by atoms with Gasteiger partial charge in [-0.05, 0) is 25.0 Å². The average Bonchev–Trinajstić information content (AvgIpc) is 3.41. The van der Waals surface area contributed by atoms with E-state index in [1.165, 1.54) is 11.2 Å². The minimum Gasteiger partial charge on any atom is -0.461 e. The number of esters is 1. The monoisotopic (exact) mass is 370 g/mol. The van der Waals surface area contributed by atoms with Crippen LogP contribution in [0.4, 0.5) is 0 Å². The molecular formula is C19H18N2O6. The summed E-state index contributed by atoms with van der Waals surface area (Å²) >= 11 is 0. The number of amides is 2. The molecular weight excluding hydrogens is 352 g/mol. The fourth-order valence-electron chi connectivity index (χ4n) is 3.43. The Kier molecular flexibility index (Phi) is 4.62. The molecule has 3 heterocycles. The second-order valence-corrected chi connectivity index (χ2v) is 6.55. The SMILES string of the molecule is O=C(CCN1C(=O)[C@@H]2CC=CC[C@H]2C1=O)OCc1cc(-c2ccco2)on1. The van der Waals surface area contributed by atoms with Gasteiger partial charge in [-0.25, -0.2) is 0 Å². The molecule has 2 aromatic heterocycles. The first-order chi connectivity index (χ1) is 13.1. The minimum atomic E-state index is -0.508. The molecule has 8 heteroatoms. The van der Waals surface area contributed by atoms with E-state index in [1.54, 1.807) is 18.2 Å². The van der Waals surface area contributed by atoms with Crippen molar-refractivity contribution in [2.75, 3.05) is 6.54 Å². The molecule has 2 atom stereocenters. The third kappa shape index (κ3) is 3.42. The number of rotatable bonds is 6. The van der Waals surface area contributed by atoms with Crippen molar-refractivity contribution >= 4 is 17.8 Å². The van der Waals surface area contributed by atoms with E-state index in [2.05, 4.69) is 5.16 Å². The Morgan fingerprint density at radius 1 is 1.19 bits per heavy atom. The van der Waals surface area contributed by atoms with Crippen molar-refractivity contribution < 1.29 is 28.1 Å². The van der Waals surface area contributed by atoms with Gasteiger partial charge in [0.05, 0.1) is 24.5 Å². The highest BCUT2D eigenvalue weighted by molar-refractivity contribution is 6.05. The van der Waals surface area contributed by atoms with Gasteiger partial charge >= 0.3 is 5.97 Å². The number of furan rings is 1. The molecule has 0 aromatic carbocycles. The highest BCUT2D eigenvalue weighted by Gasteiger charge is 2.46. The van der Waals surface area contributed by atoms with Gasteiger partial charge in [0.15, 0.2) is 5.76 Å². The topological polar surface area (TPSA) is 103 Å². The number of ether oxygens (including phenoxy) is 1. The van der Waals surface area contributed by atoms with E-state index in [-0.39, 0.29) is 43.2 Å². The van der Waals surface area contributed by atoms with Crippen LogP contribution in [-0.4, -0.2) is 34.4 Å². The summed E-state index contributed by atoms with van der Waals surface area (Å²) in [6, 6.07) is 5.08. The maximum Gasteiger partial charge on any atom is 0.307 e. The number of likely N-dealkylation sites (tertiary alicyclic amines) is 1. The summed E-state index contributed by atoms with van der Waals surface area (Å²) in [6.07, 6.45) is 6.50. The molecule has 27 heavy (non-hydrogen) atoms. The largest absolute Gasteiger partial charge is 0.461 e. The third-order valence-electron chi connectivity index (χ3n) is 4.84. The Hall–Kier alpha value is -3.16. The number of nitrogens with zero attached hydrogens (tertiary/aromatic N) is 2. The number of aromatic nitrogens is 1. The molecule has 2 aliphatic rings. The quantitative estimate of drug-likeness (QED) is 0.437. The van der Waals surface area contributed by atoms with Crippen molar-refractivity contribution in [3.05, 3.63) is 42.3 Å². The van der Waals surface area contributed by atoms with Crippen molar-refractivity contribution in [1.82, 2.24) is 10.1 Å². The summed E-state index contributed by atoms with van der Waals surface area (Å²) in [7, 11) is 0. The molecule has 1 saturated heterocycles. The van der Waals surface area contributed by atoms with Gasteiger partial charge in [-0.3, -0.25) is 19.3 Å². The Morgan fingerprint density at radius 2 is 1.93 bits per heavy atom. The number of carbonyl (C=O) groups excluding carboxylic acids is 3. The number of hydrogen-bond acceptors (Lipinski definition) is 7. The zero-order valence-electron chi connectivity index (χ0n) is 14.5. The first kappa shape index (κ1) is 17.3. The highest BCUT2D eigenvalue weighted by Crippen LogP contribution is 2.35. The summed E-state index contributed by atoms with van der Waals surface area (Å²) in [5.74, 6) is -0.491. The van der Waals surface area contributed by atoms with Crippen LogP contribution in [0.25, 0.3) is 11.5 Å². The smallest absolute Gasteiger partial charge is 0.307 e. The summed E-state index contributed by atoms with van der Waals surface area (Å²) < 4.78 is 15.5. The lowest BCUT2D eigenvalue weighted by Crippen LogP contribution is -2.33. The number of fused-ring (bicyclic) bond motifs is 1. The van der Waals surface area contributed by atoms with Crippen LogP contribution in [0.1, 0.15) is 25.0 Å². The highest BCUT2D eigenvalue weighted by atomic mass is 16.5. The van der Waals surface area contributed by atoms with E-state index in [9.17, 15) is 14.4 Å². The molecule has 2 amide bonds. The zero-order valence-corrected chi connectivity index (χ0v) is 14.5. The lowest BCUT2D eigenvalue weighted by molar-refractivity contribution is -0.146. The van der Waals surface area contributed by atoms with E-state index in [0.29, 0.717) is 30.1 Å². The van der Waals surface area contributed by atoms with Crippen molar-refractivity contribution in [3.8, 4) is 11.5 Å². The molecule has 0 N–H and O–H groups in total. The van der Waals surface area contributed by atoms with Gasteiger partial charge in [-0.2, -0.15) is 0 Å². The van der Waals surface area contributed by atoms with Gasteiger partial charge in [0.25, 0.3) is 0 Å². The second kappa shape index (κ2) is 7.22. The maximum absolute atomic E-state index is 12.3. The van der Waals surface area contributed by atoms with E-state index in [4.69, 9.17) is 13.7 Å². The molecule has 8 nitrogen and oxygen atoms in total. The zero-order chi connectivity index (χ0) is 18.8. The number of hydrogen-bond donors (Lipinski definition) is 0. The van der Waals surface area contributed by atoms with Crippen LogP contribution >= 0.6 is 0 Å². The molecule has 2 aromatic rings. The molecule has 0 spiro atoms. The second-order valence-electron chi connectivity index (χ2n) is 6.55. The fraction of sp³-hybridized carbons (Fsp3) is 0.368. The Labute approximate surface area is 154 Å². The molecule has 140 valence electrons. The summed E-state index contributed by atoms with van der Waals surface area (Å²) in [4.78, 5) is 37.9. The molecule has 0 unspecified atom stereocenters. The van der Waals surface area contributed by atoms with E-state index in [0.717, 1.165) is 0 Å². The fourth-order valence-corrected chi connectivity index (χ4v) is 3.43. The summed E-state index contributed by atoms with van der Waals surface area (Å²) in [5, 5.41) is 3.82. The molecule has 0 bridgehead atoms. The predicted octanol–water partition coefficient (Wildman–Crippen LogP) is 2.32. The van der Waals surface area contributed by atoms with Crippen molar-refractivity contribution in [1.29, 1.82) is 0 Å². The van der Waals surface area contributed by atoms with Crippen molar-refractivity contribution in [2.24, 2.45) is 11.8 Å². The van der Waals surface area contributed by atoms with E-state index >= 15 is 0 Å². The van der Waals surface area contributed by atoms with Gasteiger partial charge in [-0.1, -0.05) is 17.3 Å². The Balaban J connectivity index is 1.27. The van der Waals surface area contributed by atoms with Crippen LogP contribution in [-0.2, 0) is 25.7 Å². The predicted molar refractivity (Wildman–Crippen MR) is 90.7 cm³/mol. The minimum absolute atomic E-state index is 0.0416. The summed E-state index contributed by atoms with van der Waals surface area (Å²) in [6.45, 7) is -0.0138. The van der Waals surface area contributed by atoms with Gasteiger partial charge in [0, 0.05) is 12.6 Å². The summed E-state index contributed by atoms with van der Waals surface area (Å²) in [5.41, 5.74) is 0.445. The van der Waals surface area contributed by atoms with E-state index < -0.39 is 5.97 Å². The van der Waals surface area contributed by atoms with Crippen LogP contribution in [0.5, 0.6) is 0 Å². The van der Waals surface area contributed by atoms with Gasteiger partial charge in [0.2, 0.25) is 17.6 Å².